The molecule has 15 heteroatoms. The second-order valence-electron chi connectivity index (χ2n) is 11.6. The Morgan fingerprint density at radius 1 is 0.958 bits per heavy atom. The molecule has 2 heterocycles. The number of nitrogens with one attached hydrogen (secondary N) is 1. The maximum Gasteiger partial charge on any atom is 0.519 e. The van der Waals surface area contributed by atoms with Crippen LogP contribution in [-0.2, 0) is 38.7 Å². The van der Waals surface area contributed by atoms with E-state index in [0.29, 0.717) is 37.9 Å². The van der Waals surface area contributed by atoms with Crippen LogP contribution in [-0.4, -0.2) is 65.9 Å². The number of tetrazole rings is 1. The first-order chi connectivity index (χ1) is 23.2. The number of hydrogen-bond donors (Lipinski definition) is 3. The number of carbonyl (C=O) groups is 2. The number of carbonyl (C=O) groups excluding carboxylic acids is 2. The van der Waals surface area contributed by atoms with E-state index in [2.05, 4.69) is 25.5 Å². The van der Waals surface area contributed by atoms with E-state index in [-0.39, 0.29) is 54.9 Å². The Morgan fingerprint density at radius 3 is 2.35 bits per heavy atom. The second-order valence-corrected chi connectivity index (χ2v) is 11.6. The number of ether oxygens (including phenoxy) is 1. The summed E-state index contributed by atoms with van der Waals surface area (Å²) in [7, 11) is 0. The molecule has 2 aromatic heterocycles. The van der Waals surface area contributed by atoms with Crippen LogP contribution in [0.5, 0.6) is 0 Å². The number of hydrogen-bond acceptors (Lipinski definition) is 13. The summed E-state index contributed by atoms with van der Waals surface area (Å²) in [4.78, 5) is 45.2. The molecule has 0 saturated carbocycles. The predicted molar refractivity (Wildman–Crippen MR) is 170 cm³/mol. The van der Waals surface area contributed by atoms with E-state index in [0.717, 1.165) is 28.7 Å². The van der Waals surface area contributed by atoms with Gasteiger partial charge >= 0.3 is 11.8 Å². The number of benzene rings is 2. The van der Waals surface area contributed by atoms with Gasteiger partial charge in [0.05, 0.1) is 12.0 Å². The van der Waals surface area contributed by atoms with Gasteiger partial charge in [-0.15, -0.1) is 10.2 Å². The average molecular weight is 667 g/mol. The van der Waals surface area contributed by atoms with Crippen LogP contribution in [0.4, 0.5) is 0 Å². The van der Waals surface area contributed by atoms with E-state index in [9.17, 15) is 14.4 Å². The van der Waals surface area contributed by atoms with E-state index in [4.69, 9.17) is 24.0 Å². The lowest BCUT2D eigenvalue weighted by atomic mass is 9.97. The van der Waals surface area contributed by atoms with Gasteiger partial charge in [-0.1, -0.05) is 82.1 Å². The number of H-pyrrole nitrogens is 1. The normalized spacial score (nSPS) is 12.1. The fourth-order valence-electron chi connectivity index (χ4n) is 5.33. The molecule has 0 aliphatic carbocycles. The summed E-state index contributed by atoms with van der Waals surface area (Å²) >= 11 is 0. The fraction of sp³-hybridized carbons (Fsp3) is 0.455. The highest BCUT2D eigenvalue weighted by Crippen LogP contribution is 2.30. The van der Waals surface area contributed by atoms with Crippen molar-refractivity contribution < 1.29 is 38.4 Å². The van der Waals surface area contributed by atoms with Crippen molar-refractivity contribution in [3.8, 4) is 22.5 Å². The Morgan fingerprint density at radius 2 is 1.69 bits per heavy atom. The Bertz CT molecular complexity index is 1630. The molecule has 0 aliphatic heterocycles. The van der Waals surface area contributed by atoms with Crippen LogP contribution in [0.2, 0.25) is 0 Å². The Balaban J connectivity index is 1.47. The van der Waals surface area contributed by atoms with Gasteiger partial charge in [0.15, 0.2) is 18.1 Å². The third-order valence-corrected chi connectivity index (χ3v) is 7.73. The van der Waals surface area contributed by atoms with Gasteiger partial charge < -0.3 is 18.5 Å². The quantitative estimate of drug-likeness (QED) is 0.0680. The number of aryl methyl sites for hydroxylation is 1. The van der Waals surface area contributed by atoms with Crippen LogP contribution in [0.3, 0.4) is 0 Å². The van der Waals surface area contributed by atoms with Gasteiger partial charge in [-0.05, 0) is 47.1 Å². The van der Waals surface area contributed by atoms with Gasteiger partial charge in [-0.2, -0.15) is 5.21 Å². The number of amides is 1. The first-order valence-electron chi connectivity index (χ1n) is 16.0. The fourth-order valence-corrected chi connectivity index (χ4v) is 5.33. The van der Waals surface area contributed by atoms with Crippen molar-refractivity contribution >= 4 is 11.9 Å². The van der Waals surface area contributed by atoms with Crippen molar-refractivity contribution in [3.63, 3.8) is 0 Å². The molecule has 1 amide bonds. The molecule has 0 saturated heterocycles. The molecule has 15 nitrogen and oxygen atoms in total. The molecule has 48 heavy (non-hydrogen) atoms. The smallest absolute Gasteiger partial charge is 0.456 e. The molecule has 0 radical (unpaired) electrons. The maximum atomic E-state index is 13.6. The summed E-state index contributed by atoms with van der Waals surface area (Å²) in [5.74, 6) is -1.13. The van der Waals surface area contributed by atoms with Crippen molar-refractivity contribution in [3.05, 3.63) is 76.2 Å². The van der Waals surface area contributed by atoms with Gasteiger partial charge in [0.2, 0.25) is 11.7 Å². The predicted octanol–water partition coefficient (Wildman–Crippen LogP) is 5.09. The minimum Gasteiger partial charge on any atom is -0.456 e. The van der Waals surface area contributed by atoms with Crippen molar-refractivity contribution in [1.82, 2.24) is 30.9 Å². The van der Waals surface area contributed by atoms with Crippen LogP contribution in [0, 0.1) is 5.92 Å². The van der Waals surface area contributed by atoms with Crippen LogP contribution in [0.25, 0.3) is 22.5 Å². The Labute approximate surface area is 277 Å². The zero-order chi connectivity index (χ0) is 34.5. The monoisotopic (exact) mass is 666 g/mol. The topological polar surface area (TPSA) is 197 Å². The number of aromatic nitrogens is 4. The summed E-state index contributed by atoms with van der Waals surface area (Å²) in [6.45, 7) is 5.65. The van der Waals surface area contributed by atoms with Crippen LogP contribution in [0.15, 0.2) is 62.2 Å². The molecule has 4 rings (SSSR count). The third kappa shape index (κ3) is 10.1. The SMILES string of the molecule is CCCCC(=O)N(Cc1ccc(-c2ccccc2-c2nn[nH]n2)cc1)[C@H](C(=O)OCc1oc(=O)oc1CCCCCON(O)O)C(C)C. The van der Waals surface area contributed by atoms with Gasteiger partial charge in [0.25, 0.3) is 0 Å². The lowest BCUT2D eigenvalue weighted by molar-refractivity contribution is -0.492. The molecule has 2 aromatic carbocycles. The van der Waals surface area contributed by atoms with Crippen LogP contribution in [0.1, 0.15) is 76.4 Å². The summed E-state index contributed by atoms with van der Waals surface area (Å²) in [6.07, 6.45) is 3.86. The zero-order valence-electron chi connectivity index (χ0n) is 27.3. The Kier molecular flexibility index (Phi) is 13.6. The molecule has 0 aliphatic rings. The van der Waals surface area contributed by atoms with Crippen LogP contribution < -0.4 is 5.82 Å². The zero-order valence-corrected chi connectivity index (χ0v) is 27.3. The van der Waals surface area contributed by atoms with Crippen molar-refractivity contribution in [1.29, 1.82) is 0 Å². The molecule has 258 valence electrons. The largest absolute Gasteiger partial charge is 0.519 e. The van der Waals surface area contributed by atoms with Crippen molar-refractivity contribution in [2.45, 2.75) is 84.9 Å². The van der Waals surface area contributed by atoms with Crippen molar-refractivity contribution in [2.75, 3.05) is 6.61 Å². The molecule has 0 bridgehead atoms. The number of nitrogens with zero attached hydrogens (tertiary/aromatic N) is 5. The van der Waals surface area contributed by atoms with E-state index < -0.39 is 17.8 Å². The highest BCUT2D eigenvalue weighted by atomic mass is 17.1. The highest BCUT2D eigenvalue weighted by Gasteiger charge is 2.34. The number of rotatable bonds is 19. The second kappa shape index (κ2) is 18.0. The lowest BCUT2D eigenvalue weighted by Gasteiger charge is -2.33. The summed E-state index contributed by atoms with van der Waals surface area (Å²) in [5, 5.41) is 31.2. The molecule has 4 aromatic rings. The van der Waals surface area contributed by atoms with Crippen LogP contribution >= 0.6 is 0 Å². The van der Waals surface area contributed by atoms with Gasteiger partial charge in [0, 0.05) is 24.9 Å². The summed E-state index contributed by atoms with van der Waals surface area (Å²) in [6, 6.07) is 14.6. The molecule has 3 N–H and O–H groups in total. The standard InChI is InChI=1S/C33H42N6O9/c1-4-5-14-29(40)38(20-23-15-17-24(18-16-23)25-11-8-9-12-26(25)31-34-36-37-35-31)30(22(2)3)32(41)45-21-28-27(47-33(42)48-28)13-7-6-10-19-46-39(43)44/h8-9,11-12,15-18,22,30,43-44H,4-7,10,13-14,19-21H2,1-3H3,(H,34,35,36,37)/t30-/m0/s1. The Hall–Kier alpha value is -4.70. The number of esters is 1. The molecular weight excluding hydrogens is 624 g/mol. The molecule has 0 spiro atoms. The lowest BCUT2D eigenvalue weighted by Crippen LogP contribution is -2.48. The molecule has 0 unspecified atom stereocenters. The van der Waals surface area contributed by atoms with Gasteiger partial charge in [0.1, 0.15) is 6.04 Å². The van der Waals surface area contributed by atoms with Gasteiger partial charge in [-0.25, -0.2) is 9.59 Å². The van der Waals surface area contributed by atoms with E-state index >= 15 is 0 Å². The average Bonchev–Trinajstić information content (AvgIpc) is 3.73. The maximum absolute atomic E-state index is 13.6. The molecule has 0 fully saturated rings. The number of aromatic amines is 1. The highest BCUT2D eigenvalue weighted by molar-refractivity contribution is 5.85. The number of unbranched alkanes of at least 4 members (excludes halogenated alkanes) is 3. The van der Waals surface area contributed by atoms with Gasteiger partial charge in [-0.3, -0.25) is 20.0 Å². The molecule has 1 atom stereocenters. The van der Waals surface area contributed by atoms with E-state index in [1.165, 1.54) is 0 Å². The minimum absolute atomic E-state index is 0.0937. The van der Waals surface area contributed by atoms with E-state index in [1.807, 2.05) is 69.3 Å². The molecular formula is C33H42N6O9. The summed E-state index contributed by atoms with van der Waals surface area (Å²) < 4.78 is 16.0. The third-order valence-electron chi connectivity index (χ3n) is 7.73. The minimum atomic E-state index is -0.907. The van der Waals surface area contributed by atoms with E-state index in [1.54, 1.807) is 4.90 Å². The summed E-state index contributed by atoms with van der Waals surface area (Å²) in [5.41, 5.74) is 3.50. The first kappa shape index (κ1) is 36.1. The first-order valence-corrected chi connectivity index (χ1v) is 16.0. The van der Waals surface area contributed by atoms with Crippen molar-refractivity contribution in [2.24, 2.45) is 5.92 Å².